The highest BCUT2D eigenvalue weighted by molar-refractivity contribution is 5.95. The Morgan fingerprint density at radius 3 is 2.12 bits per heavy atom. The molecule has 0 aliphatic heterocycles. The molecule has 1 N–H and O–H groups in total. The smallest absolute Gasteiger partial charge is 0.260 e. The van der Waals surface area contributed by atoms with E-state index in [0.717, 1.165) is 18.7 Å². The molecule has 1 aromatic heterocycles. The van der Waals surface area contributed by atoms with Crippen LogP contribution in [0.3, 0.4) is 0 Å². The van der Waals surface area contributed by atoms with Gasteiger partial charge in [-0.25, -0.2) is 36.3 Å². The molecule has 0 atom stereocenters. The van der Waals surface area contributed by atoms with Crippen LogP contribution in [0.4, 0.5) is 32.2 Å². The van der Waals surface area contributed by atoms with Crippen LogP contribution < -0.4 is 5.32 Å². The van der Waals surface area contributed by atoms with Gasteiger partial charge in [-0.05, 0) is 41.0 Å². The lowest BCUT2D eigenvalue weighted by Crippen LogP contribution is -2.29. The zero-order chi connectivity index (χ0) is 29.3. The van der Waals surface area contributed by atoms with Crippen molar-refractivity contribution in [2.45, 2.75) is 13.1 Å². The Morgan fingerprint density at radius 1 is 0.780 bits per heavy atom. The Hall–Kier alpha value is -4.93. The van der Waals surface area contributed by atoms with Gasteiger partial charge in [-0.1, -0.05) is 42.5 Å². The predicted octanol–water partition coefficient (Wildman–Crippen LogP) is 7.02. The Kier molecular flexibility index (Phi) is 7.60. The van der Waals surface area contributed by atoms with Crippen LogP contribution in [0.25, 0.3) is 22.0 Å². The van der Waals surface area contributed by atoms with Gasteiger partial charge in [0.15, 0.2) is 23.3 Å². The number of hydrogen-bond acceptors (Lipinski definition) is 4. The molecule has 11 heteroatoms. The summed E-state index contributed by atoms with van der Waals surface area (Å²) in [6.07, 6.45) is 1.43. The Morgan fingerprint density at radius 2 is 1.41 bits per heavy atom. The quantitative estimate of drug-likeness (QED) is 0.131. The van der Waals surface area contributed by atoms with Crippen LogP contribution in [-0.4, -0.2) is 27.8 Å². The lowest BCUT2D eigenvalue weighted by atomic mass is 10.0. The normalized spacial score (nSPS) is 11.1. The molecule has 0 aliphatic carbocycles. The molecule has 5 nitrogen and oxygen atoms in total. The van der Waals surface area contributed by atoms with E-state index in [1.807, 2.05) is 36.4 Å². The molecule has 0 saturated heterocycles. The van der Waals surface area contributed by atoms with E-state index >= 15 is 0 Å². The third-order valence-corrected chi connectivity index (χ3v) is 6.50. The summed E-state index contributed by atoms with van der Waals surface area (Å²) in [4.78, 5) is 22.0. The first-order valence-electron chi connectivity index (χ1n) is 12.2. The molecule has 0 bridgehead atoms. The summed E-state index contributed by atoms with van der Waals surface area (Å²) >= 11 is 0. The van der Waals surface area contributed by atoms with Gasteiger partial charge >= 0.3 is 0 Å². The standard InChI is InChI=1S/C30H20F6N4O/c1-40(30(41)23-24(32)26(34)28(36)27(35)25(23)33)14-19-11-17(7-9-21(19)31)18-8-10-22-20(12-18)29(39-15-38-22)37-13-16-5-3-2-4-6-16/h2-12,15H,13-14H2,1H3,(H,37,38,39). The maximum Gasteiger partial charge on any atom is 0.260 e. The van der Waals surface area contributed by atoms with E-state index in [-0.39, 0.29) is 5.56 Å². The number of halogens is 6. The number of aromatic nitrogens is 2. The van der Waals surface area contributed by atoms with E-state index in [0.29, 0.717) is 39.3 Å². The van der Waals surface area contributed by atoms with Gasteiger partial charge in [-0.3, -0.25) is 4.79 Å². The zero-order valence-electron chi connectivity index (χ0n) is 21.4. The molecule has 5 aromatic rings. The SMILES string of the molecule is CN(Cc1cc(-c2ccc3ncnc(NCc4ccccc4)c3c2)ccc1F)C(=O)c1c(F)c(F)c(F)c(F)c1F. The van der Waals surface area contributed by atoms with Crippen molar-refractivity contribution >= 4 is 22.6 Å². The van der Waals surface area contributed by atoms with Gasteiger partial charge in [0.05, 0.1) is 5.52 Å². The molecule has 1 heterocycles. The minimum absolute atomic E-state index is 0.0472. The van der Waals surface area contributed by atoms with E-state index in [4.69, 9.17) is 0 Å². The number of carbonyl (C=O) groups is 1. The zero-order valence-corrected chi connectivity index (χ0v) is 21.4. The molecule has 0 fully saturated rings. The summed E-state index contributed by atoms with van der Waals surface area (Å²) in [7, 11) is 1.06. The Bertz CT molecular complexity index is 1750. The van der Waals surface area contributed by atoms with Crippen LogP contribution >= 0.6 is 0 Å². The van der Waals surface area contributed by atoms with Gasteiger partial charge in [-0.2, -0.15) is 0 Å². The number of fused-ring (bicyclic) bond motifs is 1. The van der Waals surface area contributed by atoms with Crippen molar-refractivity contribution in [1.82, 2.24) is 14.9 Å². The minimum Gasteiger partial charge on any atom is -0.365 e. The first kappa shape index (κ1) is 27.6. The largest absolute Gasteiger partial charge is 0.365 e. The highest BCUT2D eigenvalue weighted by Gasteiger charge is 2.31. The van der Waals surface area contributed by atoms with Crippen LogP contribution in [0.15, 0.2) is 73.1 Å². The Labute approximate surface area is 230 Å². The van der Waals surface area contributed by atoms with Crippen LogP contribution in [0.1, 0.15) is 21.5 Å². The summed E-state index contributed by atoms with van der Waals surface area (Å²) < 4.78 is 83.7. The number of nitrogens with zero attached hydrogens (tertiary/aromatic N) is 3. The van der Waals surface area contributed by atoms with Crippen molar-refractivity contribution in [3.63, 3.8) is 0 Å². The van der Waals surface area contributed by atoms with E-state index in [1.54, 1.807) is 12.1 Å². The van der Waals surface area contributed by atoms with Gasteiger partial charge in [-0.15, -0.1) is 0 Å². The van der Waals surface area contributed by atoms with Crippen LogP contribution in [0.2, 0.25) is 0 Å². The monoisotopic (exact) mass is 566 g/mol. The summed E-state index contributed by atoms with van der Waals surface area (Å²) in [5.41, 5.74) is 1.24. The minimum atomic E-state index is -2.38. The van der Waals surface area contributed by atoms with Gasteiger partial charge < -0.3 is 10.2 Å². The fourth-order valence-electron chi connectivity index (χ4n) is 4.35. The summed E-state index contributed by atoms with van der Waals surface area (Å²) in [5, 5.41) is 3.98. The van der Waals surface area contributed by atoms with Crippen LogP contribution in [0.5, 0.6) is 0 Å². The van der Waals surface area contributed by atoms with Crippen LogP contribution in [-0.2, 0) is 13.1 Å². The van der Waals surface area contributed by atoms with Gasteiger partial charge in [0.1, 0.15) is 23.5 Å². The van der Waals surface area contributed by atoms with E-state index in [2.05, 4.69) is 15.3 Å². The second kappa shape index (κ2) is 11.3. The van der Waals surface area contributed by atoms with E-state index in [9.17, 15) is 31.1 Å². The van der Waals surface area contributed by atoms with Crippen molar-refractivity contribution in [2.75, 3.05) is 12.4 Å². The summed E-state index contributed by atoms with van der Waals surface area (Å²) in [5.74, 6) is -13.0. The second-order valence-electron chi connectivity index (χ2n) is 9.21. The summed E-state index contributed by atoms with van der Waals surface area (Å²) in [6, 6.07) is 19.1. The average molecular weight is 567 g/mol. The highest BCUT2D eigenvalue weighted by Crippen LogP contribution is 2.30. The topological polar surface area (TPSA) is 58.1 Å². The first-order valence-corrected chi connectivity index (χ1v) is 12.2. The third kappa shape index (κ3) is 5.43. The molecule has 0 saturated carbocycles. The molecule has 4 aromatic carbocycles. The maximum atomic E-state index is 14.7. The van der Waals surface area contributed by atoms with Crippen molar-refractivity contribution in [3.8, 4) is 11.1 Å². The highest BCUT2D eigenvalue weighted by atomic mass is 19.2. The number of rotatable bonds is 7. The number of anilines is 1. The van der Waals surface area contributed by atoms with Crippen molar-refractivity contribution in [2.24, 2.45) is 0 Å². The molecule has 5 rings (SSSR count). The lowest BCUT2D eigenvalue weighted by Gasteiger charge is -2.19. The first-order chi connectivity index (χ1) is 19.7. The van der Waals surface area contributed by atoms with Crippen molar-refractivity contribution < 1.29 is 31.1 Å². The molecule has 0 unspecified atom stereocenters. The Balaban J connectivity index is 1.43. The van der Waals surface area contributed by atoms with Gasteiger partial charge in [0, 0.05) is 31.1 Å². The number of carbonyl (C=O) groups excluding carboxylic acids is 1. The van der Waals surface area contributed by atoms with E-state index < -0.39 is 52.9 Å². The predicted molar refractivity (Wildman–Crippen MR) is 141 cm³/mol. The number of amides is 1. The number of nitrogens with one attached hydrogen (secondary N) is 1. The van der Waals surface area contributed by atoms with Crippen LogP contribution in [0, 0.1) is 34.9 Å². The average Bonchev–Trinajstić information content (AvgIpc) is 2.99. The van der Waals surface area contributed by atoms with Crippen molar-refractivity contribution in [1.29, 1.82) is 0 Å². The fourth-order valence-corrected chi connectivity index (χ4v) is 4.35. The summed E-state index contributed by atoms with van der Waals surface area (Å²) in [6.45, 7) is -0.000140. The third-order valence-electron chi connectivity index (χ3n) is 6.50. The van der Waals surface area contributed by atoms with Gasteiger partial charge in [0.25, 0.3) is 5.91 Å². The molecule has 0 aliphatic rings. The van der Waals surface area contributed by atoms with Crippen molar-refractivity contribution in [3.05, 3.63) is 125 Å². The number of hydrogen-bond donors (Lipinski definition) is 1. The molecule has 0 radical (unpaired) electrons. The molecule has 1 amide bonds. The van der Waals surface area contributed by atoms with E-state index in [1.165, 1.54) is 18.5 Å². The molecular formula is C30H20F6N4O. The molecular weight excluding hydrogens is 546 g/mol. The van der Waals surface area contributed by atoms with Gasteiger partial charge in [0.2, 0.25) is 5.82 Å². The molecule has 0 spiro atoms. The molecule has 208 valence electrons. The maximum absolute atomic E-state index is 14.7. The lowest BCUT2D eigenvalue weighted by molar-refractivity contribution is 0.0770. The second-order valence-corrected chi connectivity index (χ2v) is 9.21. The molecule has 41 heavy (non-hydrogen) atoms. The fraction of sp³-hybridized carbons (Fsp3) is 0.100. The number of benzene rings is 4.